The number of carboxylic acids is 1. The maximum Gasteiger partial charge on any atom is 0.326 e. The molecule has 164 valence electrons. The van der Waals surface area contributed by atoms with Gasteiger partial charge in [-0.25, -0.2) is 4.79 Å². The molecule has 0 aliphatic carbocycles. The van der Waals surface area contributed by atoms with Gasteiger partial charge in [0.2, 0.25) is 11.8 Å². The molecule has 3 rings (SSSR count). The number of carbonyl (C=O) groups is 3. The minimum atomic E-state index is -1.15. The Kier molecular flexibility index (Phi) is 7.97. The van der Waals surface area contributed by atoms with E-state index in [1.54, 1.807) is 36.4 Å². The third-order valence-electron chi connectivity index (χ3n) is 4.76. The number of carbonyl (C=O) groups excluding carboxylic acids is 2. The Labute approximate surface area is 185 Å². The molecule has 1 aromatic heterocycles. The molecule has 2 amide bonds. The SMILES string of the molecule is O=C(C=Cc1ccco1)N[C@@H](Cc1ccccc1)C(=O)N[C@@H](Cc1ccccc1)C(=O)O. The van der Waals surface area contributed by atoms with Gasteiger partial charge in [-0.05, 0) is 29.3 Å². The van der Waals surface area contributed by atoms with Gasteiger partial charge in [0.1, 0.15) is 17.8 Å². The molecular weight excluding hydrogens is 408 g/mol. The van der Waals surface area contributed by atoms with Crippen molar-refractivity contribution in [1.29, 1.82) is 0 Å². The molecular formula is C25H24N2O5. The number of rotatable bonds is 10. The number of hydrogen-bond donors (Lipinski definition) is 3. The Balaban J connectivity index is 1.72. The van der Waals surface area contributed by atoms with E-state index in [1.807, 2.05) is 36.4 Å². The van der Waals surface area contributed by atoms with E-state index in [0.29, 0.717) is 5.76 Å². The summed E-state index contributed by atoms with van der Waals surface area (Å²) in [5.74, 6) is -1.72. The minimum absolute atomic E-state index is 0.131. The summed E-state index contributed by atoms with van der Waals surface area (Å²) in [6.45, 7) is 0. The van der Waals surface area contributed by atoms with Crippen LogP contribution in [-0.2, 0) is 27.2 Å². The maximum atomic E-state index is 13.0. The van der Waals surface area contributed by atoms with Gasteiger partial charge in [-0.2, -0.15) is 0 Å². The molecule has 0 aliphatic rings. The zero-order valence-electron chi connectivity index (χ0n) is 17.3. The monoisotopic (exact) mass is 432 g/mol. The van der Waals surface area contributed by atoms with Crippen LogP contribution in [0.3, 0.4) is 0 Å². The second-order valence-electron chi connectivity index (χ2n) is 7.19. The molecule has 0 radical (unpaired) electrons. The number of nitrogens with one attached hydrogen (secondary N) is 2. The Hall–Kier alpha value is -4.13. The molecule has 0 bridgehead atoms. The van der Waals surface area contributed by atoms with Crippen LogP contribution in [-0.4, -0.2) is 35.0 Å². The number of hydrogen-bond acceptors (Lipinski definition) is 4. The molecule has 3 N–H and O–H groups in total. The Morgan fingerprint density at radius 2 is 1.41 bits per heavy atom. The van der Waals surface area contributed by atoms with E-state index in [9.17, 15) is 19.5 Å². The highest BCUT2D eigenvalue weighted by molar-refractivity contribution is 5.96. The van der Waals surface area contributed by atoms with Crippen LogP contribution < -0.4 is 10.6 Å². The van der Waals surface area contributed by atoms with Crippen molar-refractivity contribution in [3.05, 3.63) is 102 Å². The standard InChI is InChI=1S/C25H24N2O5/c28-23(14-13-20-12-7-15-32-20)26-21(16-18-8-3-1-4-9-18)24(29)27-22(25(30)31)17-19-10-5-2-6-11-19/h1-15,21-22H,16-17H2,(H,26,28)(H,27,29)(H,30,31)/t21-,22-/m0/s1. The van der Waals surface area contributed by atoms with E-state index < -0.39 is 29.9 Å². The third-order valence-corrected chi connectivity index (χ3v) is 4.76. The largest absolute Gasteiger partial charge is 0.480 e. The van der Waals surface area contributed by atoms with Gasteiger partial charge in [0.25, 0.3) is 0 Å². The van der Waals surface area contributed by atoms with Gasteiger partial charge in [0.05, 0.1) is 6.26 Å². The van der Waals surface area contributed by atoms with Crippen LogP contribution in [0.2, 0.25) is 0 Å². The van der Waals surface area contributed by atoms with Crippen molar-refractivity contribution >= 4 is 23.9 Å². The second kappa shape index (κ2) is 11.3. The van der Waals surface area contributed by atoms with Gasteiger partial charge < -0.3 is 20.2 Å². The van der Waals surface area contributed by atoms with Gasteiger partial charge >= 0.3 is 5.97 Å². The third kappa shape index (κ3) is 6.98. The van der Waals surface area contributed by atoms with Crippen molar-refractivity contribution in [3.63, 3.8) is 0 Å². The predicted octanol–water partition coefficient (Wildman–Crippen LogP) is 2.83. The fourth-order valence-electron chi connectivity index (χ4n) is 3.15. The molecule has 1 heterocycles. The summed E-state index contributed by atoms with van der Waals surface area (Å²) in [6.07, 6.45) is 4.59. The topological polar surface area (TPSA) is 109 Å². The molecule has 0 unspecified atom stereocenters. The predicted molar refractivity (Wildman–Crippen MR) is 120 cm³/mol. The van der Waals surface area contributed by atoms with Crippen molar-refractivity contribution in [2.24, 2.45) is 0 Å². The summed E-state index contributed by atoms with van der Waals surface area (Å²) in [7, 11) is 0. The van der Waals surface area contributed by atoms with Gasteiger partial charge in [0.15, 0.2) is 0 Å². The number of carboxylic acid groups (broad SMARTS) is 1. The lowest BCUT2D eigenvalue weighted by atomic mass is 10.0. The first-order valence-corrected chi connectivity index (χ1v) is 10.1. The fraction of sp³-hybridized carbons (Fsp3) is 0.160. The van der Waals surface area contributed by atoms with Crippen molar-refractivity contribution in [3.8, 4) is 0 Å². The molecule has 0 fully saturated rings. The van der Waals surface area contributed by atoms with Gasteiger partial charge in [-0.3, -0.25) is 9.59 Å². The molecule has 32 heavy (non-hydrogen) atoms. The summed E-state index contributed by atoms with van der Waals surface area (Å²) in [6, 6.07) is 19.5. The molecule has 0 spiro atoms. The molecule has 2 atom stereocenters. The second-order valence-corrected chi connectivity index (χ2v) is 7.19. The smallest absolute Gasteiger partial charge is 0.326 e. The van der Waals surface area contributed by atoms with E-state index in [0.717, 1.165) is 11.1 Å². The van der Waals surface area contributed by atoms with Crippen molar-refractivity contribution in [2.45, 2.75) is 24.9 Å². The van der Waals surface area contributed by atoms with E-state index >= 15 is 0 Å². The van der Waals surface area contributed by atoms with Crippen LogP contribution in [0.5, 0.6) is 0 Å². The fourth-order valence-corrected chi connectivity index (χ4v) is 3.15. The Morgan fingerprint density at radius 1 is 0.812 bits per heavy atom. The number of aliphatic carboxylic acids is 1. The van der Waals surface area contributed by atoms with Gasteiger partial charge in [0, 0.05) is 18.9 Å². The van der Waals surface area contributed by atoms with Crippen LogP contribution >= 0.6 is 0 Å². The van der Waals surface area contributed by atoms with Crippen LogP contribution in [0.1, 0.15) is 16.9 Å². The first-order valence-electron chi connectivity index (χ1n) is 10.1. The zero-order valence-corrected chi connectivity index (χ0v) is 17.3. The summed E-state index contributed by atoms with van der Waals surface area (Å²) in [5, 5.41) is 14.8. The molecule has 0 saturated heterocycles. The summed E-state index contributed by atoms with van der Waals surface area (Å²) in [5.41, 5.74) is 1.61. The summed E-state index contributed by atoms with van der Waals surface area (Å²) < 4.78 is 5.16. The van der Waals surface area contributed by atoms with Crippen LogP contribution in [0, 0.1) is 0 Å². The van der Waals surface area contributed by atoms with Gasteiger partial charge in [-0.15, -0.1) is 0 Å². The lowest BCUT2D eigenvalue weighted by molar-refractivity contribution is -0.142. The van der Waals surface area contributed by atoms with E-state index in [2.05, 4.69) is 10.6 Å². The average molecular weight is 432 g/mol. The van der Waals surface area contributed by atoms with E-state index in [4.69, 9.17) is 4.42 Å². The molecule has 7 nitrogen and oxygen atoms in total. The number of benzene rings is 2. The van der Waals surface area contributed by atoms with Crippen molar-refractivity contribution < 1.29 is 23.9 Å². The summed E-state index contributed by atoms with van der Waals surface area (Å²) in [4.78, 5) is 37.2. The average Bonchev–Trinajstić information content (AvgIpc) is 3.32. The highest BCUT2D eigenvalue weighted by Gasteiger charge is 2.26. The molecule has 7 heteroatoms. The lowest BCUT2D eigenvalue weighted by Crippen LogP contribution is -2.52. The minimum Gasteiger partial charge on any atom is -0.480 e. The molecule has 0 aliphatic heterocycles. The Morgan fingerprint density at radius 3 is 1.94 bits per heavy atom. The highest BCUT2D eigenvalue weighted by Crippen LogP contribution is 2.08. The number of furan rings is 1. The normalized spacial score (nSPS) is 12.8. The van der Waals surface area contributed by atoms with Crippen molar-refractivity contribution in [2.75, 3.05) is 0 Å². The Bertz CT molecular complexity index is 1050. The number of amides is 2. The quantitative estimate of drug-likeness (QED) is 0.427. The lowest BCUT2D eigenvalue weighted by Gasteiger charge is -2.21. The van der Waals surface area contributed by atoms with Crippen LogP contribution in [0.15, 0.2) is 89.6 Å². The molecule has 0 saturated carbocycles. The van der Waals surface area contributed by atoms with Crippen LogP contribution in [0.25, 0.3) is 6.08 Å². The first kappa shape index (κ1) is 22.6. The zero-order chi connectivity index (χ0) is 22.8. The highest BCUT2D eigenvalue weighted by atomic mass is 16.4. The van der Waals surface area contributed by atoms with E-state index in [1.165, 1.54) is 18.4 Å². The molecule has 3 aromatic rings. The van der Waals surface area contributed by atoms with E-state index in [-0.39, 0.29) is 12.8 Å². The van der Waals surface area contributed by atoms with Crippen LogP contribution in [0.4, 0.5) is 0 Å². The molecule has 2 aromatic carbocycles. The first-order chi connectivity index (χ1) is 15.5. The van der Waals surface area contributed by atoms with Gasteiger partial charge in [-0.1, -0.05) is 60.7 Å². The summed E-state index contributed by atoms with van der Waals surface area (Å²) >= 11 is 0. The van der Waals surface area contributed by atoms with Crippen molar-refractivity contribution in [1.82, 2.24) is 10.6 Å². The maximum absolute atomic E-state index is 13.0.